The Morgan fingerprint density at radius 2 is 1.26 bits per heavy atom. The molecular weight excluding hydrogens is 336 g/mol. The zero-order chi connectivity index (χ0) is 18.9. The van der Waals surface area contributed by atoms with Crippen molar-refractivity contribution in [3.05, 3.63) is 96.1 Å². The van der Waals surface area contributed by atoms with Crippen LogP contribution in [0.25, 0.3) is 11.1 Å². The molecule has 0 aliphatic heterocycles. The highest BCUT2D eigenvalue weighted by molar-refractivity contribution is 5.96. The number of carbonyl (C=O) groups excluding carboxylic acids is 2. The maximum Gasteiger partial charge on any atom is 0.251 e. The molecule has 0 bridgehead atoms. The number of nitrogens with one attached hydrogen (secondary N) is 2. The highest BCUT2D eigenvalue weighted by atomic mass is 16.2. The molecule has 0 heterocycles. The Morgan fingerprint density at radius 3 is 1.93 bits per heavy atom. The van der Waals surface area contributed by atoms with Crippen LogP contribution in [0.3, 0.4) is 0 Å². The first-order valence-electron chi connectivity index (χ1n) is 8.97. The Balaban J connectivity index is 1.44. The highest BCUT2D eigenvalue weighted by Gasteiger charge is 2.08. The molecule has 0 spiro atoms. The normalized spacial score (nSPS) is 10.2. The fourth-order valence-corrected chi connectivity index (χ4v) is 2.76. The van der Waals surface area contributed by atoms with Crippen molar-refractivity contribution in [3.63, 3.8) is 0 Å². The third-order valence-corrected chi connectivity index (χ3v) is 4.24. The molecule has 3 aromatic carbocycles. The van der Waals surface area contributed by atoms with Gasteiger partial charge >= 0.3 is 0 Å². The lowest BCUT2D eigenvalue weighted by Crippen LogP contribution is -2.37. The maximum absolute atomic E-state index is 12.2. The lowest BCUT2D eigenvalue weighted by Gasteiger charge is -2.08. The first-order chi connectivity index (χ1) is 13.2. The Hall–Kier alpha value is -3.40. The van der Waals surface area contributed by atoms with Gasteiger partial charge in [-0.05, 0) is 35.2 Å². The van der Waals surface area contributed by atoms with Gasteiger partial charge in [-0.25, -0.2) is 0 Å². The van der Waals surface area contributed by atoms with Gasteiger partial charge in [0.05, 0.1) is 6.54 Å². The standard InChI is InChI=1S/C23H22N2O2/c26-22(24-16-15-18-7-3-1-4-8-18)17-25-23(27)21-13-11-20(12-14-21)19-9-5-2-6-10-19/h1-14H,15-17H2,(H,24,26)(H,25,27). The summed E-state index contributed by atoms with van der Waals surface area (Å²) >= 11 is 0. The second kappa shape index (κ2) is 9.34. The third-order valence-electron chi connectivity index (χ3n) is 4.24. The van der Waals surface area contributed by atoms with Crippen molar-refractivity contribution in [2.24, 2.45) is 0 Å². The Bertz CT molecular complexity index is 875. The molecular formula is C23H22N2O2. The van der Waals surface area contributed by atoms with Gasteiger partial charge < -0.3 is 10.6 Å². The molecule has 0 aromatic heterocycles. The Kier molecular flexibility index (Phi) is 6.36. The van der Waals surface area contributed by atoms with Crippen LogP contribution >= 0.6 is 0 Å². The summed E-state index contributed by atoms with van der Waals surface area (Å²) in [6, 6.07) is 27.3. The zero-order valence-electron chi connectivity index (χ0n) is 15.0. The molecule has 0 aliphatic carbocycles. The van der Waals surface area contributed by atoms with Crippen LogP contribution in [0.2, 0.25) is 0 Å². The van der Waals surface area contributed by atoms with Crippen molar-refractivity contribution in [2.45, 2.75) is 6.42 Å². The topological polar surface area (TPSA) is 58.2 Å². The Morgan fingerprint density at radius 1 is 0.667 bits per heavy atom. The number of hydrogen-bond donors (Lipinski definition) is 2. The van der Waals surface area contributed by atoms with Gasteiger partial charge in [0.25, 0.3) is 5.91 Å². The molecule has 0 saturated heterocycles. The first kappa shape index (κ1) is 18.4. The van der Waals surface area contributed by atoms with Crippen LogP contribution in [0, 0.1) is 0 Å². The molecule has 0 radical (unpaired) electrons. The van der Waals surface area contributed by atoms with Gasteiger partial charge in [0, 0.05) is 12.1 Å². The number of rotatable bonds is 7. The zero-order valence-corrected chi connectivity index (χ0v) is 15.0. The highest BCUT2D eigenvalue weighted by Crippen LogP contribution is 2.19. The molecule has 4 nitrogen and oxygen atoms in total. The van der Waals surface area contributed by atoms with Crippen LogP contribution in [-0.2, 0) is 11.2 Å². The molecule has 136 valence electrons. The van der Waals surface area contributed by atoms with Gasteiger partial charge in [-0.3, -0.25) is 9.59 Å². The molecule has 3 aromatic rings. The van der Waals surface area contributed by atoms with Crippen LogP contribution in [0.1, 0.15) is 15.9 Å². The molecule has 0 unspecified atom stereocenters. The fraction of sp³-hybridized carbons (Fsp3) is 0.130. The molecule has 0 fully saturated rings. The van der Waals surface area contributed by atoms with Crippen molar-refractivity contribution in [1.82, 2.24) is 10.6 Å². The van der Waals surface area contributed by atoms with Crippen LogP contribution in [-0.4, -0.2) is 24.9 Å². The summed E-state index contributed by atoms with van der Waals surface area (Å²) in [5.74, 6) is -0.451. The largest absolute Gasteiger partial charge is 0.354 e. The summed E-state index contributed by atoms with van der Waals surface area (Å²) in [5, 5.41) is 5.47. The van der Waals surface area contributed by atoms with Crippen molar-refractivity contribution >= 4 is 11.8 Å². The molecule has 4 heteroatoms. The molecule has 3 rings (SSSR count). The van der Waals surface area contributed by atoms with Crippen LogP contribution in [0.4, 0.5) is 0 Å². The van der Waals surface area contributed by atoms with E-state index in [0.717, 1.165) is 17.5 Å². The minimum atomic E-state index is -0.257. The molecule has 2 amide bonds. The number of benzene rings is 3. The van der Waals surface area contributed by atoms with E-state index in [4.69, 9.17) is 0 Å². The van der Waals surface area contributed by atoms with E-state index >= 15 is 0 Å². The number of carbonyl (C=O) groups is 2. The van der Waals surface area contributed by atoms with Crippen molar-refractivity contribution in [3.8, 4) is 11.1 Å². The fourth-order valence-electron chi connectivity index (χ4n) is 2.76. The first-order valence-corrected chi connectivity index (χ1v) is 8.97. The predicted octanol–water partition coefficient (Wildman–Crippen LogP) is 3.44. The summed E-state index contributed by atoms with van der Waals surface area (Å²) < 4.78 is 0. The van der Waals surface area contributed by atoms with Crippen molar-refractivity contribution < 1.29 is 9.59 Å². The van der Waals surface area contributed by atoms with Gasteiger partial charge in [-0.15, -0.1) is 0 Å². The number of hydrogen-bond acceptors (Lipinski definition) is 2. The van der Waals surface area contributed by atoms with E-state index < -0.39 is 0 Å². The second-order valence-electron chi connectivity index (χ2n) is 6.21. The average Bonchev–Trinajstić information content (AvgIpc) is 2.73. The predicted molar refractivity (Wildman–Crippen MR) is 107 cm³/mol. The monoisotopic (exact) mass is 358 g/mol. The lowest BCUT2D eigenvalue weighted by molar-refractivity contribution is -0.120. The SMILES string of the molecule is O=C(CNC(=O)c1ccc(-c2ccccc2)cc1)NCCc1ccccc1. The summed E-state index contributed by atoms with van der Waals surface area (Å²) in [5.41, 5.74) is 3.85. The minimum absolute atomic E-state index is 0.0337. The summed E-state index contributed by atoms with van der Waals surface area (Å²) in [7, 11) is 0. The summed E-state index contributed by atoms with van der Waals surface area (Å²) in [6.07, 6.45) is 0.765. The lowest BCUT2D eigenvalue weighted by atomic mass is 10.0. The quantitative estimate of drug-likeness (QED) is 0.680. The maximum atomic E-state index is 12.2. The van der Waals surface area contributed by atoms with E-state index in [2.05, 4.69) is 10.6 Å². The average molecular weight is 358 g/mol. The van der Waals surface area contributed by atoms with Crippen LogP contribution in [0.5, 0.6) is 0 Å². The van der Waals surface area contributed by atoms with Crippen molar-refractivity contribution in [2.75, 3.05) is 13.1 Å². The van der Waals surface area contributed by atoms with Crippen molar-refractivity contribution in [1.29, 1.82) is 0 Å². The molecule has 0 saturated carbocycles. The minimum Gasteiger partial charge on any atom is -0.354 e. The van der Waals surface area contributed by atoms with Gasteiger partial charge in [-0.1, -0.05) is 72.8 Å². The smallest absolute Gasteiger partial charge is 0.251 e. The molecule has 0 atom stereocenters. The summed E-state index contributed by atoms with van der Waals surface area (Å²) in [4.78, 5) is 24.1. The third kappa shape index (κ3) is 5.54. The molecule has 27 heavy (non-hydrogen) atoms. The van der Waals surface area contributed by atoms with Gasteiger partial charge in [0.1, 0.15) is 0 Å². The molecule has 0 aliphatic rings. The summed E-state index contributed by atoms with van der Waals surface area (Å²) in [6.45, 7) is 0.512. The second-order valence-corrected chi connectivity index (χ2v) is 6.21. The van der Waals surface area contributed by atoms with Crippen LogP contribution in [0.15, 0.2) is 84.9 Å². The van der Waals surface area contributed by atoms with Gasteiger partial charge in [0.2, 0.25) is 5.91 Å². The Labute approximate surface area is 159 Å². The van der Waals surface area contributed by atoms with E-state index in [1.165, 1.54) is 5.56 Å². The molecule has 2 N–H and O–H groups in total. The van der Waals surface area contributed by atoms with E-state index in [-0.39, 0.29) is 18.4 Å². The van der Waals surface area contributed by atoms with E-state index in [1.807, 2.05) is 72.8 Å². The van der Waals surface area contributed by atoms with Gasteiger partial charge in [-0.2, -0.15) is 0 Å². The number of amides is 2. The van der Waals surface area contributed by atoms with E-state index in [1.54, 1.807) is 12.1 Å². The van der Waals surface area contributed by atoms with Crippen LogP contribution < -0.4 is 10.6 Å². The van der Waals surface area contributed by atoms with E-state index in [9.17, 15) is 9.59 Å². The van der Waals surface area contributed by atoms with Gasteiger partial charge in [0.15, 0.2) is 0 Å². The van der Waals surface area contributed by atoms with E-state index in [0.29, 0.717) is 12.1 Å².